The highest BCUT2D eigenvalue weighted by Gasteiger charge is 2.20. The number of H-pyrrole nitrogens is 1. The lowest BCUT2D eigenvalue weighted by Gasteiger charge is -2.17. The van der Waals surface area contributed by atoms with Gasteiger partial charge in [0.2, 0.25) is 5.75 Å². The number of benzene rings is 2. The largest absolute Gasteiger partial charge is 0.493 e. The molecule has 9 nitrogen and oxygen atoms in total. The maximum atomic E-state index is 6.54. The fourth-order valence-electron chi connectivity index (χ4n) is 3.36. The maximum Gasteiger partial charge on any atom is 0.203 e. The number of nitrogens with two attached hydrogens (primary N) is 1. The van der Waals surface area contributed by atoms with Gasteiger partial charge in [-0.1, -0.05) is 23.7 Å². The van der Waals surface area contributed by atoms with Crippen molar-refractivity contribution in [1.29, 1.82) is 0 Å². The summed E-state index contributed by atoms with van der Waals surface area (Å²) in [6.45, 7) is 1.90. The number of aromatic amines is 1. The van der Waals surface area contributed by atoms with Crippen molar-refractivity contribution in [3.05, 3.63) is 53.2 Å². The number of aromatic nitrogens is 4. The van der Waals surface area contributed by atoms with Gasteiger partial charge in [0.1, 0.15) is 5.69 Å². The predicted molar refractivity (Wildman–Crippen MR) is 129 cm³/mol. The molecule has 0 aliphatic carbocycles. The first kappa shape index (κ1) is 22.2. The van der Waals surface area contributed by atoms with E-state index in [9.17, 15) is 0 Å². The van der Waals surface area contributed by atoms with E-state index in [1.165, 1.54) is 0 Å². The molecule has 4 N–H and O–H groups in total. The Morgan fingerprint density at radius 2 is 1.67 bits per heavy atom. The number of halogens is 1. The zero-order chi connectivity index (χ0) is 23.5. The molecule has 4 aromatic rings. The van der Waals surface area contributed by atoms with Gasteiger partial charge in [-0.05, 0) is 31.2 Å². The Kier molecular flexibility index (Phi) is 6.23. The van der Waals surface area contributed by atoms with Gasteiger partial charge < -0.3 is 25.3 Å². The molecule has 0 unspecified atom stereocenters. The van der Waals surface area contributed by atoms with Crippen LogP contribution in [-0.2, 0) is 0 Å². The molecule has 10 heteroatoms. The Labute approximate surface area is 195 Å². The number of hydrogen-bond donors (Lipinski definition) is 3. The molecule has 0 saturated carbocycles. The zero-order valence-corrected chi connectivity index (χ0v) is 19.3. The highest BCUT2D eigenvalue weighted by atomic mass is 35.5. The van der Waals surface area contributed by atoms with Gasteiger partial charge in [-0.15, -0.1) is 0 Å². The second-order valence-corrected chi connectivity index (χ2v) is 7.58. The molecular formula is C23H23ClN6O3. The van der Waals surface area contributed by atoms with Gasteiger partial charge in [0.05, 0.1) is 27.0 Å². The maximum absolute atomic E-state index is 6.54. The Hall–Kier alpha value is -3.98. The molecular weight excluding hydrogens is 444 g/mol. The van der Waals surface area contributed by atoms with Gasteiger partial charge in [0.15, 0.2) is 29.0 Å². The summed E-state index contributed by atoms with van der Waals surface area (Å²) in [6, 6.07) is 12.7. The lowest BCUT2D eigenvalue weighted by atomic mass is 10.1. The van der Waals surface area contributed by atoms with Crippen molar-refractivity contribution in [2.45, 2.75) is 6.92 Å². The lowest BCUT2D eigenvalue weighted by molar-refractivity contribution is 0.324. The van der Waals surface area contributed by atoms with Crippen LogP contribution >= 0.6 is 11.6 Å². The Morgan fingerprint density at radius 3 is 2.24 bits per heavy atom. The summed E-state index contributed by atoms with van der Waals surface area (Å²) in [7, 11) is 4.65. The number of nitrogen functional groups attached to an aromatic ring is 1. The van der Waals surface area contributed by atoms with Crippen molar-refractivity contribution in [2.75, 3.05) is 32.4 Å². The molecule has 0 spiro atoms. The van der Waals surface area contributed by atoms with Crippen molar-refractivity contribution in [3.8, 4) is 39.9 Å². The van der Waals surface area contributed by atoms with E-state index in [1.54, 1.807) is 45.6 Å². The third-order valence-electron chi connectivity index (χ3n) is 4.92. The average molecular weight is 467 g/mol. The van der Waals surface area contributed by atoms with Crippen LogP contribution in [0.1, 0.15) is 5.69 Å². The smallest absolute Gasteiger partial charge is 0.203 e. The lowest BCUT2D eigenvalue weighted by Crippen LogP contribution is -2.06. The molecule has 0 aliphatic rings. The summed E-state index contributed by atoms with van der Waals surface area (Å²) in [6.07, 6.45) is 0. The number of hydrogen-bond acceptors (Lipinski definition) is 8. The van der Waals surface area contributed by atoms with Crippen LogP contribution in [0, 0.1) is 6.92 Å². The molecule has 0 fully saturated rings. The van der Waals surface area contributed by atoms with Crippen molar-refractivity contribution >= 4 is 28.9 Å². The molecule has 2 aromatic carbocycles. The van der Waals surface area contributed by atoms with Gasteiger partial charge >= 0.3 is 0 Å². The molecule has 2 heterocycles. The number of nitrogens with zero attached hydrogens (tertiary/aromatic N) is 3. The predicted octanol–water partition coefficient (Wildman–Crippen LogP) is 4.85. The number of ether oxygens (including phenoxy) is 3. The van der Waals surface area contributed by atoms with Gasteiger partial charge in [-0.2, -0.15) is 5.10 Å². The molecule has 170 valence electrons. The van der Waals surface area contributed by atoms with Crippen LogP contribution in [0.4, 0.5) is 17.3 Å². The van der Waals surface area contributed by atoms with Crippen molar-refractivity contribution < 1.29 is 14.2 Å². The highest BCUT2D eigenvalue weighted by Crippen LogP contribution is 2.43. The minimum Gasteiger partial charge on any atom is -0.493 e. The summed E-state index contributed by atoms with van der Waals surface area (Å²) in [5.74, 6) is 2.83. The first-order valence-corrected chi connectivity index (χ1v) is 10.3. The van der Waals surface area contributed by atoms with Crippen LogP contribution in [0.3, 0.4) is 0 Å². The van der Waals surface area contributed by atoms with Crippen LogP contribution in [-0.4, -0.2) is 41.5 Å². The van der Waals surface area contributed by atoms with Gasteiger partial charge in [-0.25, -0.2) is 9.97 Å². The highest BCUT2D eigenvalue weighted by molar-refractivity contribution is 6.30. The van der Waals surface area contributed by atoms with Crippen LogP contribution < -0.4 is 25.3 Å². The summed E-state index contributed by atoms with van der Waals surface area (Å²) < 4.78 is 16.4. The Morgan fingerprint density at radius 1 is 0.939 bits per heavy atom. The number of methoxy groups -OCH3 is 3. The summed E-state index contributed by atoms with van der Waals surface area (Å²) >= 11 is 6.21. The van der Waals surface area contributed by atoms with E-state index in [1.807, 2.05) is 25.1 Å². The monoisotopic (exact) mass is 466 g/mol. The van der Waals surface area contributed by atoms with Crippen molar-refractivity contribution in [3.63, 3.8) is 0 Å². The van der Waals surface area contributed by atoms with Crippen LogP contribution in [0.25, 0.3) is 22.6 Å². The molecule has 0 amide bonds. The van der Waals surface area contributed by atoms with E-state index in [2.05, 4.69) is 20.5 Å². The van der Waals surface area contributed by atoms with E-state index in [4.69, 9.17) is 36.5 Å². The van der Waals surface area contributed by atoms with E-state index < -0.39 is 0 Å². The SMILES string of the molecule is COc1cc(-c2nc(-c3cccc(Cl)c3)nc(Nc3cc(C)[nH]n3)c2N)cc(OC)c1OC. The second-order valence-electron chi connectivity index (χ2n) is 7.14. The summed E-state index contributed by atoms with van der Waals surface area (Å²) in [4.78, 5) is 9.40. The van der Waals surface area contributed by atoms with Gasteiger partial charge in [-0.3, -0.25) is 5.10 Å². The fourth-order valence-corrected chi connectivity index (χ4v) is 3.55. The third kappa shape index (κ3) is 4.49. The molecule has 4 rings (SSSR count). The van der Waals surface area contributed by atoms with Gasteiger partial charge in [0, 0.05) is 27.9 Å². The van der Waals surface area contributed by atoms with E-state index in [-0.39, 0.29) is 0 Å². The van der Waals surface area contributed by atoms with Crippen molar-refractivity contribution in [2.24, 2.45) is 0 Å². The standard InChI is InChI=1S/C23H23ClN6O3/c1-12-8-18(30-29-12)26-23-19(25)20(27-22(28-23)13-6-5-7-15(24)9-13)14-10-16(31-2)21(33-4)17(11-14)32-3/h5-11H,25H2,1-4H3,(H2,26,27,28,29,30). The Balaban J connectivity index is 1.93. The minimum absolute atomic E-state index is 0.329. The Bertz CT molecular complexity index is 1280. The van der Waals surface area contributed by atoms with Gasteiger partial charge in [0.25, 0.3) is 0 Å². The number of nitrogens with one attached hydrogen (secondary N) is 2. The molecule has 33 heavy (non-hydrogen) atoms. The van der Waals surface area contributed by atoms with Crippen LogP contribution in [0.5, 0.6) is 17.2 Å². The molecule has 0 bridgehead atoms. The topological polar surface area (TPSA) is 120 Å². The molecule has 0 atom stereocenters. The van der Waals surface area contributed by atoms with E-state index in [0.29, 0.717) is 56.7 Å². The minimum atomic E-state index is 0.329. The first-order valence-electron chi connectivity index (χ1n) is 9.96. The average Bonchev–Trinajstić information content (AvgIpc) is 3.23. The number of aryl methyl sites for hydroxylation is 1. The van der Waals surface area contributed by atoms with E-state index in [0.717, 1.165) is 11.3 Å². The van der Waals surface area contributed by atoms with Crippen LogP contribution in [0.2, 0.25) is 5.02 Å². The second kappa shape index (κ2) is 9.25. The molecule has 2 aromatic heterocycles. The quantitative estimate of drug-likeness (QED) is 0.353. The zero-order valence-electron chi connectivity index (χ0n) is 18.6. The number of rotatable bonds is 7. The normalized spacial score (nSPS) is 10.7. The first-order chi connectivity index (χ1) is 15.9. The number of anilines is 3. The van der Waals surface area contributed by atoms with Crippen LogP contribution in [0.15, 0.2) is 42.5 Å². The summed E-state index contributed by atoms with van der Waals surface area (Å²) in [5, 5.41) is 10.8. The fraction of sp³-hybridized carbons (Fsp3) is 0.174. The van der Waals surface area contributed by atoms with Crippen molar-refractivity contribution in [1.82, 2.24) is 20.2 Å². The third-order valence-corrected chi connectivity index (χ3v) is 5.15. The van der Waals surface area contributed by atoms with E-state index >= 15 is 0 Å². The molecule has 0 saturated heterocycles. The molecule has 0 aliphatic heterocycles. The molecule has 0 radical (unpaired) electrons. The summed E-state index contributed by atoms with van der Waals surface area (Å²) in [5.41, 5.74) is 9.63.